The molecular formula is C20H23ClF3NO2. The van der Waals surface area contributed by atoms with Gasteiger partial charge in [0.05, 0.1) is 12.7 Å². The second kappa shape index (κ2) is 9.76. The molecule has 2 aromatic rings. The van der Waals surface area contributed by atoms with Crippen molar-refractivity contribution in [3.63, 3.8) is 0 Å². The summed E-state index contributed by atoms with van der Waals surface area (Å²) < 4.78 is 43.9. The van der Waals surface area contributed by atoms with E-state index >= 15 is 0 Å². The summed E-state index contributed by atoms with van der Waals surface area (Å²) in [6, 6.07) is 12.0. The molecule has 0 aliphatic heterocycles. The molecule has 0 radical (unpaired) electrons. The third-order valence-electron chi connectivity index (χ3n) is 4.05. The number of rotatable bonds is 7. The Bertz CT molecular complexity index is 763. The van der Waals surface area contributed by atoms with Gasteiger partial charge >= 0.3 is 6.18 Å². The molecule has 0 unspecified atom stereocenters. The SMILES string of the molecule is COc1cccc(C(=O)[C@@H](Cc2cccc(C(F)(F)F)c2)CN(C)C)c1.Cl. The van der Waals surface area contributed by atoms with E-state index in [1.807, 2.05) is 19.0 Å². The highest BCUT2D eigenvalue weighted by Crippen LogP contribution is 2.30. The number of carbonyl (C=O) groups excluding carboxylic acids is 1. The van der Waals surface area contributed by atoms with Crippen molar-refractivity contribution in [1.29, 1.82) is 0 Å². The van der Waals surface area contributed by atoms with E-state index in [1.165, 1.54) is 13.2 Å². The van der Waals surface area contributed by atoms with Gasteiger partial charge < -0.3 is 9.64 Å². The Kier molecular flexibility index (Phi) is 8.31. The monoisotopic (exact) mass is 401 g/mol. The third-order valence-corrected chi connectivity index (χ3v) is 4.05. The molecule has 0 heterocycles. The molecule has 0 bridgehead atoms. The number of carbonyl (C=O) groups is 1. The highest BCUT2D eigenvalue weighted by atomic mass is 35.5. The smallest absolute Gasteiger partial charge is 0.416 e. The van der Waals surface area contributed by atoms with Gasteiger partial charge in [-0.3, -0.25) is 4.79 Å². The van der Waals surface area contributed by atoms with Crippen molar-refractivity contribution < 1.29 is 22.7 Å². The molecule has 2 rings (SSSR count). The number of halogens is 4. The van der Waals surface area contributed by atoms with E-state index in [9.17, 15) is 18.0 Å². The van der Waals surface area contributed by atoms with Crippen molar-refractivity contribution in [3.8, 4) is 5.75 Å². The molecule has 0 spiro atoms. The Balaban J connectivity index is 0.00000364. The molecule has 27 heavy (non-hydrogen) atoms. The number of ether oxygens (including phenoxy) is 1. The van der Waals surface area contributed by atoms with Crippen molar-refractivity contribution in [2.75, 3.05) is 27.7 Å². The maximum absolute atomic E-state index is 12.9. The molecule has 2 aromatic carbocycles. The quantitative estimate of drug-likeness (QED) is 0.628. The van der Waals surface area contributed by atoms with Gasteiger partial charge in [-0.2, -0.15) is 13.2 Å². The molecule has 0 amide bonds. The zero-order valence-electron chi connectivity index (χ0n) is 15.4. The van der Waals surface area contributed by atoms with Crippen molar-refractivity contribution in [3.05, 3.63) is 65.2 Å². The van der Waals surface area contributed by atoms with Crippen LogP contribution in [0.4, 0.5) is 13.2 Å². The summed E-state index contributed by atoms with van der Waals surface area (Å²) in [5.41, 5.74) is 0.276. The molecule has 0 fully saturated rings. The van der Waals surface area contributed by atoms with Crippen molar-refractivity contribution in [1.82, 2.24) is 4.90 Å². The molecule has 0 aliphatic carbocycles. The van der Waals surface area contributed by atoms with Crippen LogP contribution in [-0.4, -0.2) is 38.4 Å². The van der Waals surface area contributed by atoms with Gasteiger partial charge in [0.1, 0.15) is 5.75 Å². The van der Waals surface area contributed by atoms with Gasteiger partial charge in [-0.05, 0) is 44.3 Å². The number of Topliss-reactive ketones (excluding diaryl/α,β-unsaturated/α-hetero) is 1. The Morgan fingerprint density at radius 2 is 1.78 bits per heavy atom. The van der Waals surface area contributed by atoms with Gasteiger partial charge in [0.15, 0.2) is 5.78 Å². The molecule has 3 nitrogen and oxygen atoms in total. The summed E-state index contributed by atoms with van der Waals surface area (Å²) in [5, 5.41) is 0. The summed E-state index contributed by atoms with van der Waals surface area (Å²) in [6.07, 6.45) is -4.16. The summed E-state index contributed by atoms with van der Waals surface area (Å²) in [4.78, 5) is 14.8. The van der Waals surface area contributed by atoms with Crippen molar-refractivity contribution >= 4 is 18.2 Å². The lowest BCUT2D eigenvalue weighted by Gasteiger charge is -2.21. The first-order valence-corrected chi connectivity index (χ1v) is 8.20. The molecule has 0 saturated heterocycles. The molecule has 7 heteroatoms. The van der Waals surface area contributed by atoms with Crippen LogP contribution in [-0.2, 0) is 12.6 Å². The fourth-order valence-electron chi connectivity index (χ4n) is 2.85. The molecular weight excluding hydrogens is 379 g/mol. The first kappa shape index (κ1) is 23.0. The average Bonchev–Trinajstić information content (AvgIpc) is 2.59. The van der Waals surface area contributed by atoms with E-state index in [0.717, 1.165) is 12.1 Å². The summed E-state index contributed by atoms with van der Waals surface area (Å²) in [7, 11) is 5.18. The fraction of sp³-hybridized carbons (Fsp3) is 0.350. The maximum Gasteiger partial charge on any atom is 0.416 e. The second-order valence-electron chi connectivity index (χ2n) is 6.46. The number of hydrogen-bond donors (Lipinski definition) is 0. The molecule has 0 saturated carbocycles. The maximum atomic E-state index is 12.9. The van der Waals surface area contributed by atoms with Gasteiger partial charge in [0.25, 0.3) is 0 Å². The van der Waals surface area contributed by atoms with Crippen LogP contribution in [0.2, 0.25) is 0 Å². The van der Waals surface area contributed by atoms with Gasteiger partial charge in [0, 0.05) is 18.0 Å². The van der Waals surface area contributed by atoms with Gasteiger partial charge in [-0.15, -0.1) is 12.4 Å². The first-order chi connectivity index (χ1) is 12.2. The van der Waals surface area contributed by atoms with Gasteiger partial charge in [-0.1, -0.05) is 30.3 Å². The molecule has 0 aromatic heterocycles. The highest BCUT2D eigenvalue weighted by molar-refractivity contribution is 5.98. The molecule has 0 aliphatic rings. The van der Waals surface area contributed by atoms with E-state index < -0.39 is 17.7 Å². The number of nitrogens with zero attached hydrogens (tertiary/aromatic N) is 1. The van der Waals surface area contributed by atoms with E-state index in [0.29, 0.717) is 23.4 Å². The van der Waals surface area contributed by atoms with Crippen LogP contribution < -0.4 is 4.74 Å². The highest BCUT2D eigenvalue weighted by Gasteiger charge is 2.31. The van der Waals surface area contributed by atoms with E-state index in [2.05, 4.69) is 0 Å². The summed E-state index contributed by atoms with van der Waals surface area (Å²) in [6.45, 7) is 0.437. The molecule has 0 N–H and O–H groups in total. The van der Waals surface area contributed by atoms with Crippen molar-refractivity contribution in [2.24, 2.45) is 5.92 Å². The van der Waals surface area contributed by atoms with Crippen LogP contribution in [0.25, 0.3) is 0 Å². The van der Waals surface area contributed by atoms with Gasteiger partial charge in [0.2, 0.25) is 0 Å². The molecule has 1 atom stereocenters. The average molecular weight is 402 g/mol. The van der Waals surface area contributed by atoms with E-state index in [-0.39, 0.29) is 24.6 Å². The zero-order valence-corrected chi connectivity index (χ0v) is 16.2. The Labute approximate surface area is 163 Å². The van der Waals surface area contributed by atoms with Crippen LogP contribution in [0.3, 0.4) is 0 Å². The predicted molar refractivity (Wildman–Crippen MR) is 102 cm³/mol. The largest absolute Gasteiger partial charge is 0.497 e. The van der Waals surface area contributed by atoms with Crippen LogP contribution in [0.15, 0.2) is 48.5 Å². The van der Waals surface area contributed by atoms with Crippen molar-refractivity contribution in [2.45, 2.75) is 12.6 Å². The minimum Gasteiger partial charge on any atom is -0.497 e. The van der Waals surface area contributed by atoms with Crippen LogP contribution in [0.1, 0.15) is 21.5 Å². The lowest BCUT2D eigenvalue weighted by molar-refractivity contribution is -0.137. The number of alkyl halides is 3. The normalized spacial score (nSPS) is 12.4. The number of benzene rings is 2. The summed E-state index contributed by atoms with van der Waals surface area (Å²) >= 11 is 0. The number of hydrogen-bond acceptors (Lipinski definition) is 3. The van der Waals surface area contributed by atoms with Crippen LogP contribution in [0.5, 0.6) is 5.75 Å². The topological polar surface area (TPSA) is 29.5 Å². The first-order valence-electron chi connectivity index (χ1n) is 8.20. The number of ketones is 1. The Hall–Kier alpha value is -2.05. The number of methoxy groups -OCH3 is 1. The standard InChI is InChI=1S/C20H22F3NO2.ClH/c1-24(2)13-16(19(25)15-7-5-9-18(12-15)26-3)10-14-6-4-8-17(11-14)20(21,22)23;/h4-9,11-12,16H,10,13H2,1-3H3;1H/t16-;/m0./s1. The third kappa shape index (κ3) is 6.56. The molecule has 148 valence electrons. The lowest BCUT2D eigenvalue weighted by atomic mass is 9.90. The predicted octanol–water partition coefficient (Wildman–Crippen LogP) is 4.74. The van der Waals surface area contributed by atoms with Crippen LogP contribution in [0, 0.1) is 5.92 Å². The minimum absolute atomic E-state index is 0. The summed E-state index contributed by atoms with van der Waals surface area (Å²) in [5.74, 6) is -0.00544. The lowest BCUT2D eigenvalue weighted by Crippen LogP contribution is -2.29. The van der Waals surface area contributed by atoms with E-state index in [1.54, 1.807) is 30.3 Å². The van der Waals surface area contributed by atoms with Crippen LogP contribution >= 0.6 is 12.4 Å². The fourth-order valence-corrected chi connectivity index (χ4v) is 2.85. The van der Waals surface area contributed by atoms with E-state index in [4.69, 9.17) is 4.74 Å². The Morgan fingerprint density at radius 3 is 2.37 bits per heavy atom. The Morgan fingerprint density at radius 1 is 1.11 bits per heavy atom. The second-order valence-corrected chi connectivity index (χ2v) is 6.46. The minimum atomic E-state index is -4.40. The zero-order chi connectivity index (χ0) is 19.3. The van der Waals surface area contributed by atoms with Gasteiger partial charge in [-0.25, -0.2) is 0 Å².